The number of hydrogen-bond donors (Lipinski definition) is 5. The molecule has 4 heterocycles. The van der Waals surface area contributed by atoms with E-state index in [-0.39, 0.29) is 77.4 Å². The first-order valence-corrected chi connectivity index (χ1v) is 22.5. The van der Waals surface area contributed by atoms with Gasteiger partial charge in [0.2, 0.25) is 11.8 Å². The Hall–Kier alpha value is -7.24. The van der Waals surface area contributed by atoms with Crippen molar-refractivity contribution in [1.82, 2.24) is 40.2 Å². The summed E-state index contributed by atoms with van der Waals surface area (Å²) >= 11 is 0. The number of carboxylic acids is 1. The van der Waals surface area contributed by atoms with Crippen LogP contribution in [0.15, 0.2) is 107 Å². The zero-order chi connectivity index (χ0) is 50.9. The van der Waals surface area contributed by atoms with E-state index in [1.807, 2.05) is 97.9 Å². The second-order valence-electron chi connectivity index (χ2n) is 17.6. The van der Waals surface area contributed by atoms with Crippen LogP contribution in [-0.4, -0.2) is 76.5 Å². The van der Waals surface area contributed by atoms with Gasteiger partial charge < -0.3 is 40.6 Å². The topological polar surface area (TPSA) is 319 Å². The van der Waals surface area contributed by atoms with Crippen LogP contribution in [-0.2, 0) is 23.9 Å². The number of methoxy groups -OCH3 is 1. The minimum Gasteiger partial charge on any atom is -0.870 e. The summed E-state index contributed by atoms with van der Waals surface area (Å²) in [7, 11) is 1.32. The maximum Gasteiger partial charge on any atom is 1.00 e. The summed E-state index contributed by atoms with van der Waals surface area (Å²) in [5, 5.41) is 29.9. The van der Waals surface area contributed by atoms with Gasteiger partial charge in [-0.3, -0.25) is 39.0 Å². The number of amides is 2. The minimum absolute atomic E-state index is 0. The van der Waals surface area contributed by atoms with Crippen molar-refractivity contribution in [3.05, 3.63) is 162 Å². The number of aromatic nitrogens is 6. The predicted octanol–water partition coefficient (Wildman–Crippen LogP) is 3.71. The van der Waals surface area contributed by atoms with Gasteiger partial charge in [-0.1, -0.05) is 76.2 Å². The van der Waals surface area contributed by atoms with Crippen molar-refractivity contribution in [2.24, 2.45) is 11.8 Å². The Morgan fingerprint density at radius 1 is 0.639 bits per heavy atom. The molecule has 6 rings (SSSR count). The molecule has 8 N–H and O–H groups in total. The van der Waals surface area contributed by atoms with E-state index in [9.17, 15) is 33.9 Å². The van der Waals surface area contributed by atoms with E-state index in [1.165, 1.54) is 28.4 Å². The Labute approximate surface area is 429 Å². The summed E-state index contributed by atoms with van der Waals surface area (Å²) in [5.41, 5.74) is 8.21. The van der Waals surface area contributed by atoms with Gasteiger partial charge in [-0.25, -0.2) is 0 Å². The fourth-order valence-corrected chi connectivity index (χ4v) is 8.22. The van der Waals surface area contributed by atoms with Crippen molar-refractivity contribution >= 4 is 23.8 Å². The van der Waals surface area contributed by atoms with Crippen molar-refractivity contribution in [2.45, 2.75) is 105 Å². The fraction of sp³-hybridized carbons (Fsp3) is 0.373. The SMILES string of the molecule is COC(=O)C[C@H](NC(=O)C(CC(C)C)n1ccccc1=O)c1cccc(-c2c(C)n[nH]c2C)c1.Cc1n[nH]c(C)c1-c1cccc([C@H](CC(=O)O)NC(=O)C(CC(C)C)n2ccccc2=O)c1.O.O=O.[Li+].[OH-]. The Bertz CT molecular complexity index is 2780. The van der Waals surface area contributed by atoms with Crippen LogP contribution >= 0.6 is 0 Å². The molecule has 0 bridgehead atoms. The van der Waals surface area contributed by atoms with Crippen LogP contribution < -0.4 is 40.6 Å². The molecule has 0 aliphatic heterocycles. The Morgan fingerprint density at radius 2 is 1.03 bits per heavy atom. The third-order valence-corrected chi connectivity index (χ3v) is 11.4. The average molecular weight is 989 g/mol. The molecule has 21 heteroatoms. The smallest absolute Gasteiger partial charge is 0.870 e. The van der Waals surface area contributed by atoms with Gasteiger partial charge in [-0.2, -0.15) is 10.2 Å². The minimum atomic E-state index is -1.03. The number of rotatable bonds is 18. The summed E-state index contributed by atoms with van der Waals surface area (Å²) in [4.78, 5) is 89.5. The van der Waals surface area contributed by atoms with Gasteiger partial charge in [0, 0.05) is 57.0 Å². The van der Waals surface area contributed by atoms with Gasteiger partial charge >= 0.3 is 30.8 Å². The first-order valence-electron chi connectivity index (χ1n) is 22.5. The molecule has 72 heavy (non-hydrogen) atoms. The van der Waals surface area contributed by atoms with Crippen LogP contribution in [0.1, 0.15) is 111 Å². The number of hydrogen-bond acceptors (Lipinski definition) is 12. The van der Waals surface area contributed by atoms with Crippen molar-refractivity contribution in [3.8, 4) is 22.3 Å². The third kappa shape index (κ3) is 17.0. The molecular formula is C51H65LiN8O12. The zero-order valence-electron chi connectivity index (χ0n) is 42.4. The van der Waals surface area contributed by atoms with E-state index in [4.69, 9.17) is 14.7 Å². The van der Waals surface area contributed by atoms with Crippen LogP contribution in [0.5, 0.6) is 0 Å². The van der Waals surface area contributed by atoms with Crippen molar-refractivity contribution < 1.29 is 58.8 Å². The summed E-state index contributed by atoms with van der Waals surface area (Å²) < 4.78 is 7.74. The molecule has 0 saturated heterocycles. The van der Waals surface area contributed by atoms with Gasteiger partial charge in [0.1, 0.15) is 12.1 Å². The number of aliphatic carboxylic acids is 1. The molecule has 0 fully saturated rings. The maximum atomic E-state index is 13.5. The number of nitrogens with zero attached hydrogens (tertiary/aromatic N) is 4. The van der Waals surface area contributed by atoms with Gasteiger partial charge in [0.05, 0.1) is 43.4 Å². The predicted molar refractivity (Wildman–Crippen MR) is 268 cm³/mol. The Morgan fingerprint density at radius 3 is 1.35 bits per heavy atom. The molecule has 0 aliphatic carbocycles. The van der Waals surface area contributed by atoms with E-state index >= 15 is 0 Å². The number of benzene rings is 2. The molecule has 0 radical (unpaired) electrons. The summed E-state index contributed by atoms with van der Waals surface area (Å²) in [5.74, 6) is -1.85. The number of pyridine rings is 2. The van der Waals surface area contributed by atoms with Crippen LogP contribution in [0.25, 0.3) is 22.3 Å². The normalized spacial score (nSPS) is 12.1. The van der Waals surface area contributed by atoms with Crippen LogP contribution in [0.4, 0.5) is 0 Å². The number of carboxylic acid groups (broad SMARTS) is 1. The second-order valence-corrected chi connectivity index (χ2v) is 17.6. The number of aryl methyl sites for hydroxylation is 4. The van der Waals surface area contributed by atoms with Crippen LogP contribution in [0.3, 0.4) is 0 Å². The molecule has 2 aromatic carbocycles. The molecule has 4 aromatic heterocycles. The number of ether oxygens (including phenoxy) is 1. The molecular weight excluding hydrogens is 924 g/mol. The molecule has 4 atom stereocenters. The first-order chi connectivity index (χ1) is 32.9. The van der Waals surface area contributed by atoms with E-state index in [1.54, 1.807) is 42.7 Å². The number of aromatic amines is 2. The van der Waals surface area contributed by atoms with Crippen LogP contribution in [0, 0.1) is 49.5 Å². The second kappa shape index (κ2) is 29.8. The van der Waals surface area contributed by atoms with Crippen molar-refractivity contribution in [1.29, 1.82) is 0 Å². The first kappa shape index (κ1) is 62.8. The largest absolute Gasteiger partial charge is 1.00 e. The van der Waals surface area contributed by atoms with E-state index in [0.717, 1.165) is 50.6 Å². The number of carbonyl (C=O) groups is 4. The molecule has 0 saturated carbocycles. The third-order valence-electron chi connectivity index (χ3n) is 11.4. The summed E-state index contributed by atoms with van der Waals surface area (Å²) in [6, 6.07) is 21.9. The molecule has 6 aromatic rings. The quantitative estimate of drug-likeness (QED) is 0.0607. The van der Waals surface area contributed by atoms with Gasteiger partial charge in [-0.05, 0) is 98.9 Å². The fourth-order valence-electron chi connectivity index (χ4n) is 8.22. The number of nitrogens with one attached hydrogen (secondary N) is 4. The molecule has 20 nitrogen and oxygen atoms in total. The zero-order valence-corrected chi connectivity index (χ0v) is 42.4. The monoisotopic (exact) mass is 988 g/mol. The number of carbonyl (C=O) groups excluding carboxylic acids is 3. The van der Waals surface area contributed by atoms with E-state index in [2.05, 4.69) is 31.0 Å². The molecule has 0 spiro atoms. The average Bonchev–Trinajstić information content (AvgIpc) is 3.85. The molecule has 0 aliphatic rings. The molecule has 2 amide bonds. The summed E-state index contributed by atoms with van der Waals surface area (Å²) in [6.07, 6.45) is 3.82. The van der Waals surface area contributed by atoms with Gasteiger partial charge in [0.15, 0.2) is 0 Å². The van der Waals surface area contributed by atoms with Crippen LogP contribution in [0.2, 0.25) is 0 Å². The standard InChI is InChI=1S/C26H32N4O4.C25H30N4O4.Li.O2.2H2O/c1-16(2)13-22(30-12-7-6-11-23(30)31)26(33)27-21(15-24(32)34-5)19-9-8-10-20(14-19)25-17(3)28-29-18(25)4;1-15(2)12-21(29-11-6-5-10-22(29)30)25(33)26-20(14-23(31)32)18-8-7-9-19(13-18)24-16(3)27-28-17(24)4;;1-2;;/h6-12,14,16,21-22H,13,15H2,1-5H3,(H,27,33)(H,28,29);5-11,13,15,20-21H,12,14H2,1-4H3,(H,26,33)(H,27,28)(H,31,32);;;2*1H2/q;;+1;;;/p-1/t21-,22?;20-,21?;;;;/m00..../s1. The van der Waals surface area contributed by atoms with Crippen molar-refractivity contribution in [2.75, 3.05) is 7.11 Å². The van der Waals surface area contributed by atoms with E-state index < -0.39 is 36.1 Å². The number of esters is 1. The van der Waals surface area contributed by atoms with E-state index in [0.29, 0.717) is 18.4 Å². The number of H-pyrrole nitrogens is 2. The van der Waals surface area contributed by atoms with Gasteiger partial charge in [-0.15, -0.1) is 0 Å². The molecule has 382 valence electrons. The Balaban J connectivity index is 0.000000669. The summed E-state index contributed by atoms with van der Waals surface area (Å²) in [6.45, 7) is 15.6. The molecule has 2 unspecified atom stereocenters. The maximum absolute atomic E-state index is 13.5. The Kier molecular flexibility index (Phi) is 26.0. The van der Waals surface area contributed by atoms with Crippen molar-refractivity contribution in [3.63, 3.8) is 0 Å². The van der Waals surface area contributed by atoms with Gasteiger partial charge in [0.25, 0.3) is 11.1 Å².